The molecule has 0 aliphatic heterocycles. The lowest BCUT2D eigenvalue weighted by Crippen LogP contribution is -2.25. The molecule has 6 nitrogen and oxygen atoms in total. The summed E-state index contributed by atoms with van der Waals surface area (Å²) >= 11 is 6.10. The molecule has 2 aromatic carbocycles. The first-order valence-corrected chi connectivity index (χ1v) is 8.92. The van der Waals surface area contributed by atoms with Crippen molar-refractivity contribution in [3.05, 3.63) is 46.5 Å². The van der Waals surface area contributed by atoms with Gasteiger partial charge in [-0.2, -0.15) is 0 Å². The van der Waals surface area contributed by atoms with Crippen LogP contribution in [-0.2, 0) is 11.3 Å². The third-order valence-electron chi connectivity index (χ3n) is 4.09. The Morgan fingerprint density at radius 2 is 1.70 bits per heavy atom. The zero-order valence-corrected chi connectivity index (χ0v) is 16.8. The fraction of sp³-hybridized carbons (Fsp3) is 0.350. The van der Waals surface area contributed by atoms with E-state index < -0.39 is 0 Å². The highest BCUT2D eigenvalue weighted by molar-refractivity contribution is 6.31. The van der Waals surface area contributed by atoms with Gasteiger partial charge in [-0.05, 0) is 36.2 Å². The summed E-state index contributed by atoms with van der Waals surface area (Å²) in [6.07, 6.45) is 0.331. The highest BCUT2D eigenvalue weighted by Gasteiger charge is 2.09. The number of hydrogen-bond donors (Lipinski definition) is 2. The van der Waals surface area contributed by atoms with Gasteiger partial charge in [-0.15, -0.1) is 0 Å². The molecule has 27 heavy (non-hydrogen) atoms. The summed E-state index contributed by atoms with van der Waals surface area (Å²) in [4.78, 5) is 12.1. The number of amides is 1. The van der Waals surface area contributed by atoms with Gasteiger partial charge in [0.15, 0.2) is 11.5 Å². The minimum absolute atomic E-state index is 0.0538. The number of nitrogens with one attached hydrogen (secondary N) is 2. The molecule has 146 valence electrons. The Balaban J connectivity index is 1.84. The number of rotatable bonds is 9. The summed E-state index contributed by atoms with van der Waals surface area (Å²) in [6.45, 7) is 2.82. The van der Waals surface area contributed by atoms with Crippen molar-refractivity contribution in [3.8, 4) is 17.2 Å². The third kappa shape index (κ3) is 5.69. The van der Waals surface area contributed by atoms with Gasteiger partial charge in [-0.25, -0.2) is 0 Å². The van der Waals surface area contributed by atoms with Crippen LogP contribution in [-0.4, -0.2) is 33.8 Å². The summed E-state index contributed by atoms with van der Waals surface area (Å²) in [5, 5.41) is 6.75. The molecule has 0 bridgehead atoms. The minimum Gasteiger partial charge on any atom is -0.495 e. The summed E-state index contributed by atoms with van der Waals surface area (Å²) in [7, 11) is 4.75. The largest absolute Gasteiger partial charge is 0.495 e. The van der Waals surface area contributed by atoms with E-state index in [9.17, 15) is 4.79 Å². The summed E-state index contributed by atoms with van der Waals surface area (Å²) in [5.74, 6) is 1.89. The highest BCUT2D eigenvalue weighted by Crippen LogP contribution is 2.31. The normalized spacial score (nSPS) is 10.3. The van der Waals surface area contributed by atoms with Gasteiger partial charge in [-0.1, -0.05) is 17.7 Å². The van der Waals surface area contributed by atoms with Crippen LogP contribution in [0.25, 0.3) is 0 Å². The van der Waals surface area contributed by atoms with E-state index in [-0.39, 0.29) is 5.91 Å². The van der Waals surface area contributed by atoms with Crippen LogP contribution < -0.4 is 24.8 Å². The quantitative estimate of drug-likeness (QED) is 0.679. The SMILES string of the molecule is COc1cc(Cl)c(C)cc1NCCC(=O)NCc1ccc(OC)c(OC)c1. The van der Waals surface area contributed by atoms with Gasteiger partial charge in [0.1, 0.15) is 5.75 Å². The lowest BCUT2D eigenvalue weighted by atomic mass is 10.2. The van der Waals surface area contributed by atoms with Gasteiger partial charge in [0, 0.05) is 30.6 Å². The van der Waals surface area contributed by atoms with E-state index in [4.69, 9.17) is 25.8 Å². The molecule has 2 N–H and O–H groups in total. The zero-order valence-electron chi connectivity index (χ0n) is 16.0. The van der Waals surface area contributed by atoms with E-state index in [1.165, 1.54) is 0 Å². The molecular formula is C20H25ClN2O4. The minimum atomic E-state index is -0.0538. The number of methoxy groups -OCH3 is 3. The fourth-order valence-corrected chi connectivity index (χ4v) is 2.71. The summed E-state index contributed by atoms with van der Waals surface area (Å²) in [5.41, 5.74) is 2.69. The summed E-state index contributed by atoms with van der Waals surface area (Å²) in [6, 6.07) is 9.22. The molecule has 0 saturated carbocycles. The molecule has 0 aromatic heterocycles. The zero-order chi connectivity index (χ0) is 19.8. The second kappa shape index (κ2) is 9.92. The number of hydrogen-bond acceptors (Lipinski definition) is 5. The van der Waals surface area contributed by atoms with Gasteiger partial charge in [0.2, 0.25) is 5.91 Å². The van der Waals surface area contributed by atoms with Crippen LogP contribution in [0.15, 0.2) is 30.3 Å². The van der Waals surface area contributed by atoms with Gasteiger partial charge in [-0.3, -0.25) is 4.79 Å². The second-order valence-corrected chi connectivity index (χ2v) is 6.35. The van der Waals surface area contributed by atoms with E-state index in [2.05, 4.69) is 10.6 Å². The number of carbonyl (C=O) groups is 1. The van der Waals surface area contributed by atoms with Gasteiger partial charge in [0.05, 0.1) is 27.0 Å². The lowest BCUT2D eigenvalue weighted by Gasteiger charge is -2.13. The number of halogens is 1. The van der Waals surface area contributed by atoms with Crippen molar-refractivity contribution < 1.29 is 19.0 Å². The van der Waals surface area contributed by atoms with Gasteiger partial charge in [0.25, 0.3) is 0 Å². The molecule has 0 fully saturated rings. The maximum absolute atomic E-state index is 12.1. The van der Waals surface area contributed by atoms with E-state index >= 15 is 0 Å². The average molecular weight is 393 g/mol. The number of carbonyl (C=O) groups excluding carboxylic acids is 1. The lowest BCUT2D eigenvalue weighted by molar-refractivity contribution is -0.121. The number of benzene rings is 2. The van der Waals surface area contributed by atoms with Crippen LogP contribution in [0.1, 0.15) is 17.5 Å². The molecule has 2 aromatic rings. The van der Waals surface area contributed by atoms with Crippen LogP contribution in [0.3, 0.4) is 0 Å². The van der Waals surface area contributed by atoms with Crippen molar-refractivity contribution >= 4 is 23.2 Å². The van der Waals surface area contributed by atoms with Crippen LogP contribution in [0.2, 0.25) is 5.02 Å². The molecule has 0 heterocycles. The Morgan fingerprint density at radius 1 is 1.00 bits per heavy atom. The first-order chi connectivity index (χ1) is 13.0. The van der Waals surface area contributed by atoms with Crippen LogP contribution >= 0.6 is 11.6 Å². The van der Waals surface area contributed by atoms with Crippen molar-refractivity contribution in [1.82, 2.24) is 5.32 Å². The molecule has 2 rings (SSSR count). The van der Waals surface area contributed by atoms with Crippen LogP contribution in [0.5, 0.6) is 17.2 Å². The Hall–Kier alpha value is -2.60. The molecule has 0 unspecified atom stereocenters. The number of aryl methyl sites for hydroxylation is 1. The standard InChI is InChI=1S/C20H25ClN2O4/c1-13-9-16(18(26-3)11-15(13)21)22-8-7-20(24)23-12-14-5-6-17(25-2)19(10-14)27-4/h5-6,9-11,22H,7-8,12H2,1-4H3,(H,23,24). The summed E-state index contributed by atoms with van der Waals surface area (Å²) < 4.78 is 15.8. The smallest absolute Gasteiger partial charge is 0.222 e. The van der Waals surface area contributed by atoms with Crippen molar-refractivity contribution in [1.29, 1.82) is 0 Å². The van der Waals surface area contributed by atoms with Crippen LogP contribution in [0, 0.1) is 6.92 Å². The highest BCUT2D eigenvalue weighted by atomic mass is 35.5. The van der Waals surface area contributed by atoms with Crippen LogP contribution in [0.4, 0.5) is 5.69 Å². The van der Waals surface area contributed by atoms with E-state index in [0.29, 0.717) is 41.8 Å². The van der Waals surface area contributed by atoms with E-state index in [0.717, 1.165) is 16.8 Å². The molecule has 0 radical (unpaired) electrons. The average Bonchev–Trinajstić information content (AvgIpc) is 2.68. The van der Waals surface area contributed by atoms with Crippen molar-refractivity contribution in [3.63, 3.8) is 0 Å². The Kier molecular flexibility index (Phi) is 7.61. The van der Waals surface area contributed by atoms with E-state index in [1.807, 2.05) is 31.2 Å². The predicted octanol–water partition coefficient (Wildman–Crippen LogP) is 3.79. The Bertz CT molecular complexity index is 796. The molecule has 7 heteroatoms. The maximum atomic E-state index is 12.1. The number of anilines is 1. The Morgan fingerprint density at radius 3 is 2.37 bits per heavy atom. The molecule has 1 amide bonds. The van der Waals surface area contributed by atoms with Gasteiger partial charge >= 0.3 is 0 Å². The molecule has 0 aliphatic rings. The van der Waals surface area contributed by atoms with Crippen molar-refractivity contribution in [2.24, 2.45) is 0 Å². The van der Waals surface area contributed by atoms with Crippen molar-refractivity contribution in [2.45, 2.75) is 19.9 Å². The molecule has 0 aliphatic carbocycles. The molecule has 0 spiro atoms. The number of ether oxygens (including phenoxy) is 3. The van der Waals surface area contributed by atoms with Gasteiger partial charge < -0.3 is 24.8 Å². The molecule has 0 saturated heterocycles. The first kappa shape index (κ1) is 20.7. The third-order valence-corrected chi connectivity index (χ3v) is 4.49. The van der Waals surface area contributed by atoms with E-state index in [1.54, 1.807) is 27.4 Å². The molecule has 0 atom stereocenters. The first-order valence-electron chi connectivity index (χ1n) is 8.54. The van der Waals surface area contributed by atoms with Crippen molar-refractivity contribution in [2.75, 3.05) is 33.2 Å². The topological polar surface area (TPSA) is 68.8 Å². The Labute approximate surface area is 164 Å². The second-order valence-electron chi connectivity index (χ2n) is 5.94. The predicted molar refractivity (Wildman–Crippen MR) is 107 cm³/mol. The fourth-order valence-electron chi connectivity index (χ4n) is 2.56. The maximum Gasteiger partial charge on any atom is 0.222 e. The molecular weight excluding hydrogens is 368 g/mol. The monoisotopic (exact) mass is 392 g/mol.